The van der Waals surface area contributed by atoms with Crippen LogP contribution in [0.1, 0.15) is 12.8 Å². The van der Waals surface area contributed by atoms with Crippen molar-refractivity contribution >= 4 is 7.60 Å². The Labute approximate surface area is 132 Å². The first-order valence-electron chi connectivity index (χ1n) is 6.83. The third-order valence-corrected chi connectivity index (χ3v) is 3.51. The van der Waals surface area contributed by atoms with Crippen molar-refractivity contribution < 1.29 is 28.9 Å². The Morgan fingerprint density at radius 1 is 1.26 bits per heavy atom. The van der Waals surface area contributed by atoms with Crippen molar-refractivity contribution in [3.8, 4) is 0 Å². The van der Waals surface area contributed by atoms with Gasteiger partial charge in [-0.1, -0.05) is 0 Å². The van der Waals surface area contributed by atoms with Crippen LogP contribution in [-0.4, -0.2) is 57.9 Å². The smallest absolute Gasteiger partial charge is 0.353 e. The van der Waals surface area contributed by atoms with Gasteiger partial charge in [-0.05, 0) is 12.8 Å². The lowest BCUT2D eigenvalue weighted by molar-refractivity contribution is 0.176. The molecular formula is C12H23N2O8P. The molecule has 134 valence electrons. The van der Waals surface area contributed by atoms with E-state index in [9.17, 15) is 14.2 Å². The number of H-pyrrole nitrogens is 1. The first-order chi connectivity index (χ1) is 10.9. The number of hydrogen-bond donors (Lipinski definition) is 4. The highest BCUT2D eigenvalue weighted by molar-refractivity contribution is 7.52. The third kappa shape index (κ3) is 11.0. The number of rotatable bonds is 9. The molecule has 0 saturated heterocycles. The van der Waals surface area contributed by atoms with E-state index in [0.29, 0.717) is 19.4 Å². The maximum atomic E-state index is 11.0. The zero-order chi connectivity index (χ0) is 17.7. The highest BCUT2D eigenvalue weighted by atomic mass is 31.2. The fourth-order valence-electron chi connectivity index (χ4n) is 1.33. The van der Waals surface area contributed by atoms with Crippen LogP contribution in [0.4, 0.5) is 0 Å². The monoisotopic (exact) mass is 354 g/mol. The first-order valence-corrected chi connectivity index (χ1v) is 8.59. The van der Waals surface area contributed by atoms with Gasteiger partial charge in [0, 0.05) is 39.1 Å². The van der Waals surface area contributed by atoms with Gasteiger partial charge in [-0.2, -0.15) is 0 Å². The molecule has 0 aliphatic carbocycles. The standard InChI is InChI=1S/C7H10N2O3.C5H13O5P/c10-5-1-3-9-4-2-6(11)8-7(9)12;1-9-5-11(7,8)10-4-2-3-6/h2,4,10H,1,3,5H2,(H,8,11,12);6H,2-5H2,1H3,(H,7,8). The average Bonchev–Trinajstić information content (AvgIpc) is 2.47. The number of aromatic amines is 1. The van der Waals surface area contributed by atoms with Crippen molar-refractivity contribution in [2.75, 3.05) is 33.3 Å². The van der Waals surface area contributed by atoms with Crippen molar-refractivity contribution in [1.82, 2.24) is 9.55 Å². The molecule has 10 nitrogen and oxygen atoms in total. The molecule has 0 fully saturated rings. The fraction of sp³-hybridized carbons (Fsp3) is 0.667. The van der Waals surface area contributed by atoms with Crippen LogP contribution in [0.25, 0.3) is 0 Å². The Morgan fingerprint density at radius 2 is 1.91 bits per heavy atom. The Kier molecular flexibility index (Phi) is 11.5. The van der Waals surface area contributed by atoms with E-state index in [4.69, 9.17) is 15.1 Å². The van der Waals surface area contributed by atoms with Gasteiger partial charge < -0.3 is 28.9 Å². The van der Waals surface area contributed by atoms with E-state index in [1.807, 2.05) is 0 Å². The maximum absolute atomic E-state index is 11.0. The van der Waals surface area contributed by atoms with Gasteiger partial charge in [0.25, 0.3) is 5.56 Å². The Morgan fingerprint density at radius 3 is 2.43 bits per heavy atom. The highest BCUT2D eigenvalue weighted by Crippen LogP contribution is 2.41. The second kappa shape index (κ2) is 12.2. The van der Waals surface area contributed by atoms with E-state index < -0.39 is 18.8 Å². The summed E-state index contributed by atoms with van der Waals surface area (Å²) >= 11 is 0. The molecule has 0 spiro atoms. The van der Waals surface area contributed by atoms with Gasteiger partial charge in [0.05, 0.1) is 6.61 Å². The molecule has 0 bridgehead atoms. The van der Waals surface area contributed by atoms with E-state index in [0.717, 1.165) is 0 Å². The minimum Gasteiger partial charge on any atom is -0.396 e. The molecule has 0 aromatic carbocycles. The summed E-state index contributed by atoms with van der Waals surface area (Å²) < 4.78 is 21.1. The summed E-state index contributed by atoms with van der Waals surface area (Å²) in [6.07, 6.45) is 1.97. The van der Waals surface area contributed by atoms with E-state index in [2.05, 4.69) is 14.2 Å². The van der Waals surface area contributed by atoms with Crippen LogP contribution < -0.4 is 11.2 Å². The van der Waals surface area contributed by atoms with E-state index in [1.54, 1.807) is 0 Å². The minimum atomic E-state index is -3.56. The number of nitrogens with zero attached hydrogens (tertiary/aromatic N) is 1. The molecule has 23 heavy (non-hydrogen) atoms. The van der Waals surface area contributed by atoms with Gasteiger partial charge in [0.15, 0.2) is 0 Å². The number of aromatic nitrogens is 2. The number of nitrogens with one attached hydrogen (secondary N) is 1. The predicted octanol–water partition coefficient (Wildman–Crippen LogP) is -0.906. The largest absolute Gasteiger partial charge is 0.396 e. The predicted molar refractivity (Wildman–Crippen MR) is 82.4 cm³/mol. The molecule has 1 heterocycles. The van der Waals surface area contributed by atoms with Crippen molar-refractivity contribution in [1.29, 1.82) is 0 Å². The lowest BCUT2D eigenvalue weighted by Gasteiger charge is -2.09. The van der Waals surface area contributed by atoms with Crippen LogP contribution in [0.2, 0.25) is 0 Å². The summed E-state index contributed by atoms with van der Waals surface area (Å²) in [4.78, 5) is 32.6. The molecule has 0 amide bonds. The molecule has 0 radical (unpaired) electrons. The van der Waals surface area contributed by atoms with Crippen LogP contribution in [0.15, 0.2) is 21.9 Å². The molecule has 1 atom stereocenters. The number of ether oxygens (including phenoxy) is 1. The molecule has 0 saturated carbocycles. The topological polar surface area (TPSA) is 151 Å². The van der Waals surface area contributed by atoms with Crippen molar-refractivity contribution in [2.45, 2.75) is 19.4 Å². The third-order valence-electron chi connectivity index (χ3n) is 2.34. The molecule has 1 aromatic rings. The van der Waals surface area contributed by atoms with Gasteiger partial charge in [0.1, 0.15) is 6.35 Å². The van der Waals surface area contributed by atoms with Crippen molar-refractivity contribution in [2.24, 2.45) is 0 Å². The number of hydrogen-bond acceptors (Lipinski definition) is 7. The Hall–Kier alpha value is -1.29. The van der Waals surface area contributed by atoms with E-state index in [1.165, 1.54) is 23.9 Å². The minimum absolute atomic E-state index is 0.0333. The lowest BCUT2D eigenvalue weighted by atomic mass is 10.4. The molecule has 11 heteroatoms. The molecule has 1 unspecified atom stereocenters. The molecule has 0 aliphatic rings. The second-order valence-corrected chi connectivity index (χ2v) is 6.14. The number of aliphatic hydroxyl groups is 2. The highest BCUT2D eigenvalue weighted by Gasteiger charge is 2.17. The number of methoxy groups -OCH3 is 1. The fourth-order valence-corrected chi connectivity index (χ4v) is 2.15. The SMILES string of the molecule is COCP(=O)(O)OCCCO.O=c1ccn(CCCO)c(=O)[nH]1. The van der Waals surface area contributed by atoms with Crippen LogP contribution in [0.5, 0.6) is 0 Å². The Balaban J connectivity index is 0.000000423. The summed E-state index contributed by atoms with van der Waals surface area (Å²) in [6, 6.07) is 1.28. The van der Waals surface area contributed by atoms with Crippen molar-refractivity contribution in [3.05, 3.63) is 33.1 Å². The van der Waals surface area contributed by atoms with Gasteiger partial charge in [-0.3, -0.25) is 14.3 Å². The zero-order valence-corrected chi connectivity index (χ0v) is 13.8. The summed E-state index contributed by atoms with van der Waals surface area (Å²) in [5.74, 6) is 0. The van der Waals surface area contributed by atoms with Crippen LogP contribution >= 0.6 is 7.60 Å². The maximum Gasteiger partial charge on any atom is 0.353 e. The zero-order valence-electron chi connectivity index (χ0n) is 12.9. The quantitative estimate of drug-likeness (QED) is 0.329. The normalized spacial score (nSPS) is 13.0. The van der Waals surface area contributed by atoms with Crippen LogP contribution in [-0.2, 0) is 20.4 Å². The molecule has 1 rings (SSSR count). The van der Waals surface area contributed by atoms with E-state index in [-0.39, 0.29) is 26.2 Å². The van der Waals surface area contributed by atoms with Gasteiger partial charge >= 0.3 is 13.3 Å². The molecule has 4 N–H and O–H groups in total. The molecular weight excluding hydrogens is 331 g/mol. The molecule has 1 aromatic heterocycles. The Bertz CT molecular complexity index is 585. The molecule has 0 aliphatic heterocycles. The first kappa shape index (κ1) is 21.7. The lowest BCUT2D eigenvalue weighted by Crippen LogP contribution is -2.28. The van der Waals surface area contributed by atoms with Gasteiger partial charge in [0.2, 0.25) is 0 Å². The van der Waals surface area contributed by atoms with Crippen LogP contribution in [0.3, 0.4) is 0 Å². The van der Waals surface area contributed by atoms with Crippen molar-refractivity contribution in [3.63, 3.8) is 0 Å². The van der Waals surface area contributed by atoms with Gasteiger partial charge in [-0.25, -0.2) is 4.79 Å². The second-order valence-electron chi connectivity index (χ2n) is 4.35. The average molecular weight is 354 g/mol. The summed E-state index contributed by atoms with van der Waals surface area (Å²) in [5, 5.41) is 16.8. The number of aliphatic hydroxyl groups excluding tert-OH is 2. The van der Waals surface area contributed by atoms with Gasteiger partial charge in [-0.15, -0.1) is 0 Å². The summed E-state index contributed by atoms with van der Waals surface area (Å²) in [5.41, 5.74) is -0.837. The summed E-state index contributed by atoms with van der Waals surface area (Å²) in [7, 11) is -2.24. The van der Waals surface area contributed by atoms with Crippen LogP contribution in [0, 0.1) is 0 Å². The summed E-state index contributed by atoms with van der Waals surface area (Å²) in [6.45, 7) is 0.484. The van der Waals surface area contributed by atoms with E-state index >= 15 is 0 Å². The number of aryl methyl sites for hydroxylation is 1.